The normalized spacial score (nSPS) is 33.3. The van der Waals surface area contributed by atoms with Crippen molar-refractivity contribution in [1.82, 2.24) is 4.98 Å². The predicted octanol–water partition coefficient (Wildman–Crippen LogP) is 3.79. The van der Waals surface area contributed by atoms with E-state index >= 15 is 0 Å². The van der Waals surface area contributed by atoms with Crippen molar-refractivity contribution in [3.05, 3.63) is 11.1 Å². The highest BCUT2D eigenvalue weighted by Crippen LogP contribution is 2.63. The second-order valence-corrected chi connectivity index (χ2v) is 8.39. The number of anilines is 1. The Hall–Kier alpha value is -1.10. The third-order valence-corrected chi connectivity index (χ3v) is 6.51. The number of carboxylic acid groups (broad SMARTS) is 1. The van der Waals surface area contributed by atoms with E-state index in [2.05, 4.69) is 31.1 Å². The Kier molecular flexibility index (Phi) is 3.51. The molecule has 1 aromatic rings. The van der Waals surface area contributed by atoms with E-state index < -0.39 is 5.97 Å². The maximum absolute atomic E-state index is 10.6. The third-order valence-electron chi connectivity index (χ3n) is 5.68. The number of aliphatic carboxylic acids is 1. The van der Waals surface area contributed by atoms with Crippen LogP contribution in [0.15, 0.2) is 5.38 Å². The first-order valence-corrected chi connectivity index (χ1v) is 8.62. The summed E-state index contributed by atoms with van der Waals surface area (Å²) in [5.41, 5.74) is 1.57. The molecule has 0 aliphatic heterocycles. The van der Waals surface area contributed by atoms with Crippen LogP contribution in [0, 0.1) is 16.7 Å². The number of aryl methyl sites for hydroxylation is 1. The maximum Gasteiger partial charge on any atom is 0.303 e. The Morgan fingerprint density at radius 2 is 2.29 bits per heavy atom. The van der Waals surface area contributed by atoms with Crippen LogP contribution in [0.5, 0.6) is 0 Å². The number of fused-ring (bicyclic) bond motifs is 2. The van der Waals surface area contributed by atoms with Gasteiger partial charge >= 0.3 is 5.97 Å². The van der Waals surface area contributed by atoms with Crippen molar-refractivity contribution in [2.24, 2.45) is 16.7 Å². The van der Waals surface area contributed by atoms with Gasteiger partial charge in [-0.1, -0.05) is 20.8 Å². The Morgan fingerprint density at radius 3 is 2.90 bits per heavy atom. The fraction of sp³-hybridized carbons (Fsp3) is 0.750. The molecule has 2 aliphatic rings. The van der Waals surface area contributed by atoms with Crippen LogP contribution in [0.25, 0.3) is 0 Å². The number of carbonyl (C=O) groups is 1. The van der Waals surface area contributed by atoms with Crippen LogP contribution >= 0.6 is 11.3 Å². The van der Waals surface area contributed by atoms with E-state index in [0.717, 1.165) is 16.7 Å². The molecule has 2 saturated carbocycles. The molecule has 2 fully saturated rings. The first kappa shape index (κ1) is 14.8. The molecule has 1 aromatic heterocycles. The molecule has 1 heterocycles. The number of aromatic nitrogens is 1. The van der Waals surface area contributed by atoms with Crippen molar-refractivity contribution in [2.75, 3.05) is 5.32 Å². The van der Waals surface area contributed by atoms with Crippen LogP contribution in [0.3, 0.4) is 0 Å². The van der Waals surface area contributed by atoms with Crippen LogP contribution in [-0.2, 0) is 11.2 Å². The van der Waals surface area contributed by atoms with E-state index in [4.69, 9.17) is 5.11 Å². The molecule has 2 bridgehead atoms. The molecule has 0 saturated heterocycles. The van der Waals surface area contributed by atoms with Crippen molar-refractivity contribution in [3.63, 3.8) is 0 Å². The molecule has 3 unspecified atom stereocenters. The molecule has 3 atom stereocenters. The van der Waals surface area contributed by atoms with Crippen molar-refractivity contribution in [3.8, 4) is 0 Å². The molecule has 2 aliphatic carbocycles. The Balaban J connectivity index is 1.70. The molecule has 0 spiro atoms. The lowest BCUT2D eigenvalue weighted by molar-refractivity contribution is -0.136. The van der Waals surface area contributed by atoms with Gasteiger partial charge in [0, 0.05) is 17.8 Å². The lowest BCUT2D eigenvalue weighted by Gasteiger charge is -2.43. The Bertz CT molecular complexity index is 549. The van der Waals surface area contributed by atoms with Gasteiger partial charge in [-0.25, -0.2) is 4.98 Å². The molecule has 21 heavy (non-hydrogen) atoms. The van der Waals surface area contributed by atoms with Gasteiger partial charge in [-0.15, -0.1) is 11.3 Å². The SMILES string of the molecule is CC12CCC(C1)C(C)(C)C2Nc1nc(CCC(=O)O)cs1. The molecule has 5 heteroatoms. The van der Waals surface area contributed by atoms with Gasteiger partial charge in [-0.05, 0) is 36.0 Å². The molecule has 116 valence electrons. The second kappa shape index (κ2) is 4.97. The number of hydrogen-bond acceptors (Lipinski definition) is 4. The molecule has 4 nitrogen and oxygen atoms in total. The van der Waals surface area contributed by atoms with Gasteiger partial charge in [-0.2, -0.15) is 0 Å². The Morgan fingerprint density at radius 1 is 1.52 bits per heavy atom. The van der Waals surface area contributed by atoms with Crippen LogP contribution in [0.1, 0.15) is 52.1 Å². The summed E-state index contributed by atoms with van der Waals surface area (Å²) in [6, 6.07) is 0.460. The topological polar surface area (TPSA) is 62.2 Å². The number of thiazole rings is 1. The smallest absolute Gasteiger partial charge is 0.303 e. The summed E-state index contributed by atoms with van der Waals surface area (Å²) < 4.78 is 0. The highest BCUT2D eigenvalue weighted by atomic mass is 32.1. The van der Waals surface area contributed by atoms with Gasteiger partial charge in [0.05, 0.1) is 12.1 Å². The molecular weight excluding hydrogens is 284 g/mol. The van der Waals surface area contributed by atoms with Gasteiger partial charge in [-0.3, -0.25) is 4.79 Å². The second-order valence-electron chi connectivity index (χ2n) is 7.53. The number of carboxylic acids is 1. The predicted molar refractivity (Wildman–Crippen MR) is 84.7 cm³/mol. The monoisotopic (exact) mass is 308 g/mol. The number of nitrogens with zero attached hydrogens (tertiary/aromatic N) is 1. The molecular formula is C16H24N2O2S. The Labute approximate surface area is 130 Å². The zero-order valence-corrected chi connectivity index (χ0v) is 13.8. The van der Waals surface area contributed by atoms with E-state index in [0.29, 0.717) is 23.3 Å². The fourth-order valence-corrected chi connectivity index (χ4v) is 5.28. The largest absolute Gasteiger partial charge is 0.481 e. The van der Waals surface area contributed by atoms with E-state index in [1.807, 2.05) is 5.38 Å². The zero-order valence-electron chi connectivity index (χ0n) is 13.0. The first-order chi connectivity index (χ1) is 9.81. The van der Waals surface area contributed by atoms with Crippen LogP contribution in [-0.4, -0.2) is 22.1 Å². The van der Waals surface area contributed by atoms with Crippen molar-refractivity contribution in [2.45, 2.75) is 58.9 Å². The van der Waals surface area contributed by atoms with Gasteiger partial charge < -0.3 is 10.4 Å². The van der Waals surface area contributed by atoms with E-state index in [1.54, 1.807) is 11.3 Å². The fourth-order valence-electron chi connectivity index (χ4n) is 4.51. The summed E-state index contributed by atoms with van der Waals surface area (Å²) in [5.74, 6) is 0.0469. The minimum absolute atomic E-state index is 0.151. The van der Waals surface area contributed by atoms with Crippen LogP contribution < -0.4 is 5.32 Å². The molecule has 0 amide bonds. The standard InChI is InChI=1S/C16H24N2O2S/c1-15(2)10-6-7-16(3,8-10)13(15)18-14-17-11(9-21-14)4-5-12(19)20/h9-10,13H,4-8H2,1-3H3,(H,17,18)(H,19,20). The summed E-state index contributed by atoms with van der Waals surface area (Å²) in [5, 5.41) is 15.3. The molecule has 0 aromatic carbocycles. The van der Waals surface area contributed by atoms with Gasteiger partial charge in [0.15, 0.2) is 5.13 Å². The lowest BCUT2D eigenvalue weighted by atomic mass is 9.68. The molecule has 3 rings (SSSR count). The van der Waals surface area contributed by atoms with Gasteiger partial charge in [0.25, 0.3) is 0 Å². The minimum atomic E-state index is -0.765. The quantitative estimate of drug-likeness (QED) is 0.869. The van der Waals surface area contributed by atoms with Crippen molar-refractivity contribution >= 4 is 22.4 Å². The van der Waals surface area contributed by atoms with E-state index in [1.165, 1.54) is 19.3 Å². The van der Waals surface area contributed by atoms with Crippen LogP contribution in [0.4, 0.5) is 5.13 Å². The number of nitrogens with one attached hydrogen (secondary N) is 1. The van der Waals surface area contributed by atoms with Gasteiger partial charge in [0.2, 0.25) is 0 Å². The summed E-state index contributed by atoms with van der Waals surface area (Å²) in [6.45, 7) is 7.15. The van der Waals surface area contributed by atoms with Crippen molar-refractivity contribution in [1.29, 1.82) is 0 Å². The summed E-state index contributed by atoms with van der Waals surface area (Å²) in [4.78, 5) is 15.2. The zero-order chi connectivity index (χ0) is 15.3. The molecule has 0 radical (unpaired) electrons. The minimum Gasteiger partial charge on any atom is -0.481 e. The average Bonchev–Trinajstić information content (AvgIpc) is 3.04. The highest BCUT2D eigenvalue weighted by Gasteiger charge is 2.59. The van der Waals surface area contributed by atoms with E-state index in [-0.39, 0.29) is 6.42 Å². The van der Waals surface area contributed by atoms with Crippen molar-refractivity contribution < 1.29 is 9.90 Å². The van der Waals surface area contributed by atoms with Gasteiger partial charge in [0.1, 0.15) is 0 Å². The molecule has 2 N–H and O–H groups in total. The summed E-state index contributed by atoms with van der Waals surface area (Å²) >= 11 is 1.60. The maximum atomic E-state index is 10.6. The summed E-state index contributed by atoms with van der Waals surface area (Å²) in [6.07, 6.45) is 4.63. The lowest BCUT2D eigenvalue weighted by Crippen LogP contribution is -2.45. The summed E-state index contributed by atoms with van der Waals surface area (Å²) in [7, 11) is 0. The van der Waals surface area contributed by atoms with Crippen LogP contribution in [0.2, 0.25) is 0 Å². The number of hydrogen-bond donors (Lipinski definition) is 2. The number of rotatable bonds is 5. The first-order valence-electron chi connectivity index (χ1n) is 7.74. The highest BCUT2D eigenvalue weighted by molar-refractivity contribution is 7.13. The van der Waals surface area contributed by atoms with E-state index in [9.17, 15) is 4.79 Å². The third kappa shape index (κ3) is 2.56. The average molecular weight is 308 g/mol.